The van der Waals surface area contributed by atoms with E-state index in [1.165, 1.54) is 18.7 Å². The molecule has 0 unspecified atom stereocenters. The number of rotatable bonds is 4. The molecule has 0 bridgehead atoms. The Hall–Kier alpha value is -3.80. The summed E-state index contributed by atoms with van der Waals surface area (Å²) >= 11 is 5.89. The Morgan fingerprint density at radius 3 is 2.00 bits per heavy atom. The zero-order valence-corrected chi connectivity index (χ0v) is 17.2. The Morgan fingerprint density at radius 2 is 1.56 bits per heavy atom. The van der Waals surface area contributed by atoms with Gasteiger partial charge in [0.15, 0.2) is 5.69 Å². The van der Waals surface area contributed by atoms with Crippen LogP contribution < -0.4 is 5.32 Å². The van der Waals surface area contributed by atoms with Gasteiger partial charge in [-0.1, -0.05) is 11.6 Å². The summed E-state index contributed by atoms with van der Waals surface area (Å²) in [5.74, 6) is -3.10. The maximum atomic E-state index is 12.9. The monoisotopic (exact) mass is 469 g/mol. The smallest absolute Gasteiger partial charge is 0.434 e. The molecule has 32 heavy (non-hydrogen) atoms. The van der Waals surface area contributed by atoms with Gasteiger partial charge in [0.1, 0.15) is 11.9 Å². The number of halogens is 4. The minimum Gasteiger partial charge on any atom is -0.478 e. The van der Waals surface area contributed by atoms with Gasteiger partial charge in [0, 0.05) is 29.3 Å². The largest absolute Gasteiger partial charge is 0.478 e. The average molecular weight is 470 g/mol. The molecule has 9 nitrogen and oxygen atoms in total. The molecule has 0 saturated heterocycles. The van der Waals surface area contributed by atoms with Crippen molar-refractivity contribution in [3.05, 3.63) is 70.0 Å². The van der Waals surface area contributed by atoms with Gasteiger partial charge in [-0.3, -0.25) is 0 Å². The van der Waals surface area contributed by atoms with E-state index in [-0.39, 0.29) is 11.5 Å². The number of aromatic carboxylic acids is 2. The number of anilines is 2. The van der Waals surface area contributed by atoms with Gasteiger partial charge in [-0.25, -0.2) is 29.5 Å². The van der Waals surface area contributed by atoms with Gasteiger partial charge in [-0.2, -0.15) is 13.2 Å². The van der Waals surface area contributed by atoms with Crippen LogP contribution in [0.2, 0.25) is 5.02 Å². The number of nitrogens with one attached hydrogen (secondary N) is 1. The molecule has 168 valence electrons. The van der Waals surface area contributed by atoms with Crippen LogP contribution in [0.3, 0.4) is 0 Å². The molecule has 1 aromatic carbocycles. The van der Waals surface area contributed by atoms with E-state index in [4.69, 9.17) is 21.8 Å². The van der Waals surface area contributed by atoms with Gasteiger partial charge >= 0.3 is 18.1 Å². The van der Waals surface area contributed by atoms with Gasteiger partial charge in [0.2, 0.25) is 5.95 Å². The van der Waals surface area contributed by atoms with Crippen LogP contribution in [-0.4, -0.2) is 42.1 Å². The third-order valence-electron chi connectivity index (χ3n) is 3.83. The van der Waals surface area contributed by atoms with E-state index < -0.39 is 29.4 Å². The molecule has 0 aliphatic rings. The van der Waals surface area contributed by atoms with Gasteiger partial charge in [-0.15, -0.1) is 0 Å². The molecule has 0 amide bonds. The third kappa shape index (κ3) is 6.35. The molecule has 2 aromatic heterocycles. The van der Waals surface area contributed by atoms with Gasteiger partial charge < -0.3 is 15.5 Å². The first-order chi connectivity index (χ1) is 14.9. The lowest BCUT2D eigenvalue weighted by atomic mass is 10.1. The average Bonchev–Trinajstić information content (AvgIpc) is 2.71. The van der Waals surface area contributed by atoms with Crippen molar-refractivity contribution in [3.63, 3.8) is 0 Å². The first-order valence-electron chi connectivity index (χ1n) is 8.59. The Kier molecular flexibility index (Phi) is 7.65. The lowest BCUT2D eigenvalue weighted by Gasteiger charge is -2.14. The fourth-order valence-corrected chi connectivity index (χ4v) is 2.77. The number of aromatic nitrogens is 4. The number of nitrogens with zero attached hydrogens (tertiary/aromatic N) is 4. The number of hydrogen-bond donors (Lipinski definition) is 3. The quantitative estimate of drug-likeness (QED) is 0.508. The van der Waals surface area contributed by atoms with E-state index in [1.54, 1.807) is 26.0 Å². The van der Waals surface area contributed by atoms with Crippen LogP contribution in [-0.2, 0) is 6.18 Å². The van der Waals surface area contributed by atoms with Crippen LogP contribution in [0, 0.1) is 13.8 Å². The Balaban J connectivity index is 0.000000336. The highest BCUT2D eigenvalue weighted by Crippen LogP contribution is 2.32. The van der Waals surface area contributed by atoms with Crippen molar-refractivity contribution >= 4 is 35.2 Å². The van der Waals surface area contributed by atoms with Crippen molar-refractivity contribution < 1.29 is 33.0 Å². The number of carbonyl (C=O) groups is 2. The Labute approximate surface area is 184 Å². The van der Waals surface area contributed by atoms with E-state index in [0.29, 0.717) is 28.0 Å². The molecule has 0 atom stereocenters. The normalized spacial score (nSPS) is 10.7. The molecule has 0 spiro atoms. The molecule has 3 N–H and O–H groups in total. The Morgan fingerprint density at radius 1 is 1.00 bits per heavy atom. The summed E-state index contributed by atoms with van der Waals surface area (Å²) in [6.07, 6.45) is -0.505. The topological polar surface area (TPSA) is 138 Å². The second kappa shape index (κ2) is 10.0. The fraction of sp³-hybridized carbons (Fsp3) is 0.158. The van der Waals surface area contributed by atoms with Gasteiger partial charge in [-0.05, 0) is 37.1 Å². The summed E-state index contributed by atoms with van der Waals surface area (Å²) in [6, 6.07) is 3.26. The van der Waals surface area contributed by atoms with E-state index >= 15 is 0 Å². The molecule has 13 heteroatoms. The third-order valence-corrected chi connectivity index (χ3v) is 4.05. The van der Waals surface area contributed by atoms with Gasteiger partial charge in [0.05, 0.1) is 5.56 Å². The molecular weight excluding hydrogens is 455 g/mol. The SMILES string of the molecule is Cc1cc(Cl)cc(C)c1Nc1ncc(C(=O)O)c(C(F)(F)F)n1.O=C(O)c1cncnc1. The number of benzene rings is 1. The van der Waals surface area contributed by atoms with Gasteiger partial charge in [0.25, 0.3) is 0 Å². The minimum absolute atomic E-state index is 0.109. The zero-order valence-electron chi connectivity index (χ0n) is 16.5. The van der Waals surface area contributed by atoms with E-state index in [2.05, 4.69) is 25.3 Å². The second-order valence-electron chi connectivity index (χ2n) is 6.23. The number of alkyl halides is 3. The summed E-state index contributed by atoms with van der Waals surface area (Å²) in [4.78, 5) is 35.0. The number of aryl methyl sites for hydroxylation is 2. The lowest BCUT2D eigenvalue weighted by Crippen LogP contribution is -2.17. The number of carboxylic acids is 2. The molecule has 0 aliphatic heterocycles. The first kappa shape index (κ1) is 24.5. The molecule has 0 fully saturated rings. The van der Waals surface area contributed by atoms with E-state index in [9.17, 15) is 22.8 Å². The molecule has 3 rings (SSSR count). The summed E-state index contributed by atoms with van der Waals surface area (Å²) in [5.41, 5.74) is -0.522. The highest BCUT2D eigenvalue weighted by atomic mass is 35.5. The first-order valence-corrected chi connectivity index (χ1v) is 8.97. The van der Waals surface area contributed by atoms with Crippen molar-refractivity contribution in [1.82, 2.24) is 19.9 Å². The summed E-state index contributed by atoms with van der Waals surface area (Å²) in [5, 5.41) is 20.3. The molecule has 0 aliphatic carbocycles. The maximum absolute atomic E-state index is 12.9. The lowest BCUT2D eigenvalue weighted by molar-refractivity contribution is -0.141. The van der Waals surface area contributed by atoms with Crippen LogP contribution in [0.25, 0.3) is 0 Å². The van der Waals surface area contributed by atoms with Crippen molar-refractivity contribution in [1.29, 1.82) is 0 Å². The van der Waals surface area contributed by atoms with E-state index in [1.807, 2.05) is 0 Å². The molecule has 0 radical (unpaired) electrons. The fourth-order valence-electron chi connectivity index (χ4n) is 2.44. The summed E-state index contributed by atoms with van der Waals surface area (Å²) in [6.45, 7) is 3.44. The van der Waals surface area contributed by atoms with Crippen molar-refractivity contribution in [2.45, 2.75) is 20.0 Å². The maximum Gasteiger partial charge on any atom is 0.434 e. The molecular formula is C19H15ClF3N5O4. The van der Waals surface area contributed by atoms with Crippen LogP contribution in [0.4, 0.5) is 24.8 Å². The number of hydrogen-bond acceptors (Lipinski definition) is 7. The van der Waals surface area contributed by atoms with Crippen LogP contribution in [0.1, 0.15) is 37.5 Å². The highest BCUT2D eigenvalue weighted by molar-refractivity contribution is 6.30. The standard InChI is InChI=1S/C14H11ClF3N3O2.C5H4N2O2/c1-6-3-8(15)4-7(2)10(6)20-13-19-5-9(12(22)23)11(21-13)14(16,17)18;8-5(9)4-1-6-3-7-2-4/h3-5H,1-2H3,(H,22,23)(H,19,20,21);1-3H,(H,8,9). The van der Waals surface area contributed by atoms with Crippen molar-refractivity contribution in [2.75, 3.05) is 5.32 Å². The van der Waals surface area contributed by atoms with Crippen LogP contribution in [0.15, 0.2) is 37.1 Å². The number of carboxylic acid groups (broad SMARTS) is 2. The molecule has 3 aromatic rings. The molecule has 0 saturated carbocycles. The second-order valence-corrected chi connectivity index (χ2v) is 6.67. The van der Waals surface area contributed by atoms with Crippen LogP contribution >= 0.6 is 11.6 Å². The predicted molar refractivity (Wildman–Crippen MR) is 107 cm³/mol. The summed E-state index contributed by atoms with van der Waals surface area (Å²) in [7, 11) is 0. The molecule has 2 heterocycles. The van der Waals surface area contributed by atoms with E-state index in [0.717, 1.165) is 0 Å². The zero-order chi connectivity index (χ0) is 24.1. The summed E-state index contributed by atoms with van der Waals surface area (Å²) < 4.78 is 38.8. The Bertz CT molecular complexity index is 1120. The van der Waals surface area contributed by atoms with Crippen LogP contribution in [0.5, 0.6) is 0 Å². The van der Waals surface area contributed by atoms with Crippen molar-refractivity contribution in [2.24, 2.45) is 0 Å². The van der Waals surface area contributed by atoms with Crippen molar-refractivity contribution in [3.8, 4) is 0 Å². The highest BCUT2D eigenvalue weighted by Gasteiger charge is 2.38. The minimum atomic E-state index is -4.91. The predicted octanol–water partition coefficient (Wildman–Crippen LogP) is 4.38.